The molecule has 0 radical (unpaired) electrons. The fourth-order valence-electron chi connectivity index (χ4n) is 4.22. The number of nitrogens with zero attached hydrogens (tertiary/aromatic N) is 1. The third-order valence-electron chi connectivity index (χ3n) is 6.01. The number of aryl methyl sites for hydroxylation is 1. The van der Waals surface area contributed by atoms with Crippen molar-refractivity contribution in [3.63, 3.8) is 0 Å². The highest BCUT2D eigenvalue weighted by Crippen LogP contribution is 2.24. The Labute approximate surface area is 185 Å². The van der Waals surface area contributed by atoms with E-state index in [0.717, 1.165) is 31.6 Å². The second-order valence-electron chi connectivity index (χ2n) is 8.38. The molecule has 0 aromatic heterocycles. The van der Waals surface area contributed by atoms with Gasteiger partial charge in [0.15, 0.2) is 0 Å². The van der Waals surface area contributed by atoms with E-state index < -0.39 is 0 Å². The molecule has 1 aliphatic rings. The standard InChI is InChI=1S/C27H31N3O/c1-21-12-14-24(15-13-21)27(23-8-4-2-5-9-23)29-19-26(31)28-18-22-16-17-30(20-22)25-10-6-3-7-11-25/h2-15,22,27,29H,16-20H2,1H3,(H,28,31). The molecule has 2 unspecified atom stereocenters. The summed E-state index contributed by atoms with van der Waals surface area (Å²) in [6.07, 6.45) is 1.11. The van der Waals surface area contributed by atoms with Crippen LogP contribution in [0.5, 0.6) is 0 Å². The molecule has 31 heavy (non-hydrogen) atoms. The molecule has 1 heterocycles. The van der Waals surface area contributed by atoms with E-state index in [2.05, 4.69) is 83.1 Å². The minimum atomic E-state index is -0.00685. The highest BCUT2D eigenvalue weighted by Gasteiger charge is 2.23. The Morgan fingerprint density at radius 2 is 1.58 bits per heavy atom. The van der Waals surface area contributed by atoms with Crippen molar-refractivity contribution in [2.75, 3.05) is 31.1 Å². The Morgan fingerprint density at radius 3 is 2.29 bits per heavy atom. The van der Waals surface area contributed by atoms with E-state index in [4.69, 9.17) is 0 Å². The summed E-state index contributed by atoms with van der Waals surface area (Å²) < 4.78 is 0. The summed E-state index contributed by atoms with van der Waals surface area (Å²) in [7, 11) is 0. The van der Waals surface area contributed by atoms with E-state index in [1.54, 1.807) is 0 Å². The number of carbonyl (C=O) groups excluding carboxylic acids is 1. The summed E-state index contributed by atoms with van der Waals surface area (Å²) >= 11 is 0. The molecule has 4 nitrogen and oxygen atoms in total. The van der Waals surface area contributed by atoms with Crippen LogP contribution in [0.1, 0.15) is 29.2 Å². The zero-order chi connectivity index (χ0) is 21.5. The van der Waals surface area contributed by atoms with Crippen LogP contribution in [0.15, 0.2) is 84.9 Å². The van der Waals surface area contributed by atoms with E-state index in [1.165, 1.54) is 16.8 Å². The van der Waals surface area contributed by atoms with Crippen molar-refractivity contribution in [3.05, 3.63) is 102 Å². The SMILES string of the molecule is Cc1ccc(C(NCC(=O)NCC2CCN(c3ccccc3)C2)c2ccccc2)cc1. The highest BCUT2D eigenvalue weighted by molar-refractivity contribution is 5.78. The molecule has 3 aromatic carbocycles. The lowest BCUT2D eigenvalue weighted by Crippen LogP contribution is -2.38. The minimum absolute atomic E-state index is 0.00685. The number of carbonyl (C=O) groups is 1. The summed E-state index contributed by atoms with van der Waals surface area (Å²) in [5.74, 6) is 0.539. The fraction of sp³-hybridized carbons (Fsp3) is 0.296. The average Bonchev–Trinajstić information content (AvgIpc) is 3.29. The lowest BCUT2D eigenvalue weighted by molar-refractivity contribution is -0.120. The van der Waals surface area contributed by atoms with Crippen LogP contribution < -0.4 is 15.5 Å². The number of rotatable bonds is 8. The summed E-state index contributed by atoms with van der Waals surface area (Å²) in [6, 6.07) is 29.3. The quantitative estimate of drug-likeness (QED) is 0.578. The summed E-state index contributed by atoms with van der Waals surface area (Å²) in [4.78, 5) is 15.0. The van der Waals surface area contributed by atoms with Gasteiger partial charge in [-0.05, 0) is 42.5 Å². The van der Waals surface area contributed by atoms with Gasteiger partial charge in [0.25, 0.3) is 0 Å². The second kappa shape index (κ2) is 10.3. The molecule has 3 aromatic rings. The van der Waals surface area contributed by atoms with Gasteiger partial charge in [-0.2, -0.15) is 0 Å². The fourth-order valence-corrected chi connectivity index (χ4v) is 4.22. The van der Waals surface area contributed by atoms with Gasteiger partial charge in [0.05, 0.1) is 12.6 Å². The van der Waals surface area contributed by atoms with E-state index in [0.29, 0.717) is 12.5 Å². The first-order chi connectivity index (χ1) is 15.2. The first kappa shape index (κ1) is 21.1. The van der Waals surface area contributed by atoms with Gasteiger partial charge in [0.1, 0.15) is 0 Å². The van der Waals surface area contributed by atoms with Crippen molar-refractivity contribution in [2.45, 2.75) is 19.4 Å². The van der Waals surface area contributed by atoms with Crippen LogP contribution in [-0.4, -0.2) is 32.1 Å². The number of anilines is 1. The Morgan fingerprint density at radius 1 is 0.935 bits per heavy atom. The van der Waals surface area contributed by atoms with E-state index in [9.17, 15) is 4.79 Å². The van der Waals surface area contributed by atoms with E-state index in [1.807, 2.05) is 24.3 Å². The third-order valence-corrected chi connectivity index (χ3v) is 6.01. The third kappa shape index (κ3) is 5.74. The maximum absolute atomic E-state index is 12.6. The largest absolute Gasteiger partial charge is 0.371 e. The number of nitrogens with one attached hydrogen (secondary N) is 2. The maximum atomic E-state index is 12.6. The monoisotopic (exact) mass is 413 g/mol. The maximum Gasteiger partial charge on any atom is 0.233 e. The van der Waals surface area contributed by atoms with Crippen LogP contribution in [-0.2, 0) is 4.79 Å². The topological polar surface area (TPSA) is 44.4 Å². The van der Waals surface area contributed by atoms with Crippen LogP contribution in [0.3, 0.4) is 0 Å². The molecular weight excluding hydrogens is 382 g/mol. The van der Waals surface area contributed by atoms with Gasteiger partial charge in [-0.15, -0.1) is 0 Å². The minimum Gasteiger partial charge on any atom is -0.371 e. The first-order valence-electron chi connectivity index (χ1n) is 11.1. The van der Waals surface area contributed by atoms with Crippen LogP contribution in [0.4, 0.5) is 5.69 Å². The molecule has 0 saturated carbocycles. The normalized spacial score (nSPS) is 16.8. The van der Waals surface area contributed by atoms with Gasteiger partial charge < -0.3 is 10.2 Å². The summed E-state index contributed by atoms with van der Waals surface area (Å²) in [5.41, 5.74) is 4.82. The predicted octanol–water partition coefficient (Wildman–Crippen LogP) is 4.32. The van der Waals surface area contributed by atoms with Gasteiger partial charge >= 0.3 is 0 Å². The molecular formula is C27H31N3O. The van der Waals surface area contributed by atoms with Crippen molar-refractivity contribution < 1.29 is 4.79 Å². The smallest absolute Gasteiger partial charge is 0.233 e. The lowest BCUT2D eigenvalue weighted by Gasteiger charge is -2.21. The first-order valence-corrected chi connectivity index (χ1v) is 11.1. The van der Waals surface area contributed by atoms with E-state index >= 15 is 0 Å². The molecule has 0 bridgehead atoms. The molecule has 2 N–H and O–H groups in total. The van der Waals surface area contributed by atoms with Gasteiger partial charge in [-0.25, -0.2) is 0 Å². The van der Waals surface area contributed by atoms with Crippen molar-refractivity contribution in [1.82, 2.24) is 10.6 Å². The van der Waals surface area contributed by atoms with E-state index in [-0.39, 0.29) is 11.9 Å². The number of para-hydroxylation sites is 1. The second-order valence-corrected chi connectivity index (χ2v) is 8.38. The molecule has 4 heteroatoms. The lowest BCUT2D eigenvalue weighted by atomic mass is 9.98. The van der Waals surface area contributed by atoms with Crippen molar-refractivity contribution in [1.29, 1.82) is 0 Å². The average molecular weight is 414 g/mol. The number of amides is 1. The molecule has 0 aliphatic carbocycles. The van der Waals surface area contributed by atoms with Gasteiger partial charge in [0, 0.05) is 25.3 Å². The van der Waals surface area contributed by atoms with Gasteiger partial charge in [0.2, 0.25) is 5.91 Å². The molecule has 0 spiro atoms. The van der Waals surface area contributed by atoms with Gasteiger partial charge in [-0.1, -0.05) is 78.4 Å². The Bertz CT molecular complexity index is 957. The molecule has 1 saturated heterocycles. The van der Waals surface area contributed by atoms with Crippen LogP contribution in [0.25, 0.3) is 0 Å². The van der Waals surface area contributed by atoms with Crippen molar-refractivity contribution in [3.8, 4) is 0 Å². The molecule has 4 rings (SSSR count). The summed E-state index contributed by atoms with van der Waals surface area (Å²) in [6.45, 7) is 5.15. The van der Waals surface area contributed by atoms with Gasteiger partial charge in [-0.3, -0.25) is 10.1 Å². The molecule has 2 atom stereocenters. The molecule has 1 fully saturated rings. The van der Waals surface area contributed by atoms with Crippen molar-refractivity contribution >= 4 is 11.6 Å². The molecule has 1 amide bonds. The zero-order valence-electron chi connectivity index (χ0n) is 18.1. The number of hydrogen-bond acceptors (Lipinski definition) is 3. The van der Waals surface area contributed by atoms with Crippen LogP contribution >= 0.6 is 0 Å². The Balaban J connectivity index is 1.30. The highest BCUT2D eigenvalue weighted by atomic mass is 16.1. The number of benzene rings is 3. The van der Waals surface area contributed by atoms with Crippen LogP contribution in [0.2, 0.25) is 0 Å². The van der Waals surface area contributed by atoms with Crippen LogP contribution in [0, 0.1) is 12.8 Å². The summed E-state index contributed by atoms with van der Waals surface area (Å²) in [5, 5.41) is 6.60. The Kier molecular flexibility index (Phi) is 7.00. The predicted molar refractivity (Wildman–Crippen MR) is 127 cm³/mol. The molecule has 1 aliphatic heterocycles. The zero-order valence-corrected chi connectivity index (χ0v) is 18.1. The number of hydrogen-bond donors (Lipinski definition) is 2. The Hall–Kier alpha value is -3.11. The van der Waals surface area contributed by atoms with Crippen molar-refractivity contribution in [2.24, 2.45) is 5.92 Å². The molecule has 160 valence electrons.